The number of nitrogens with zero attached hydrogens (tertiary/aromatic N) is 1. The molecule has 12 nitrogen and oxygen atoms in total. The number of hydrogen-bond acceptors (Lipinski definition) is 7. The fourth-order valence-electron chi connectivity index (χ4n) is 8.14. The van der Waals surface area contributed by atoms with Gasteiger partial charge in [-0.15, -0.1) is 0 Å². The van der Waals surface area contributed by atoms with Crippen molar-refractivity contribution in [2.45, 2.75) is 111 Å². The lowest BCUT2D eigenvalue weighted by molar-refractivity contribution is -0.199. The van der Waals surface area contributed by atoms with Gasteiger partial charge in [-0.3, -0.25) is 13.9 Å². The molecular formula is C37H54BN5O7S. The molecule has 51 heavy (non-hydrogen) atoms. The molecule has 4 aliphatic rings. The van der Waals surface area contributed by atoms with Gasteiger partial charge in [0.2, 0.25) is 5.91 Å². The number of carbonyl (C=O) groups excluding carboxylic acids is 3. The molecule has 0 unspecified atom stereocenters. The second kappa shape index (κ2) is 15.2. The van der Waals surface area contributed by atoms with Crippen molar-refractivity contribution in [2.75, 3.05) is 10.8 Å². The molecule has 3 aliphatic carbocycles. The monoisotopic (exact) mass is 723 g/mol. The Labute approximate surface area is 303 Å². The van der Waals surface area contributed by atoms with Gasteiger partial charge in [-0.25, -0.2) is 9.52 Å². The van der Waals surface area contributed by atoms with E-state index in [1.807, 2.05) is 32.9 Å². The van der Waals surface area contributed by atoms with Crippen molar-refractivity contribution in [1.82, 2.24) is 15.4 Å². The molecule has 2 aromatic rings. The highest BCUT2D eigenvalue weighted by Gasteiger charge is 2.68. The number of amides is 4. The minimum absolute atomic E-state index is 0.108. The van der Waals surface area contributed by atoms with Crippen LogP contribution in [0.15, 0.2) is 48.5 Å². The molecule has 0 spiro atoms. The molecule has 2 bridgehead atoms. The van der Waals surface area contributed by atoms with Crippen molar-refractivity contribution in [3.05, 3.63) is 65.2 Å². The Bertz CT molecular complexity index is 1690. The second-order valence-electron chi connectivity index (χ2n) is 15.7. The van der Waals surface area contributed by atoms with Crippen molar-refractivity contribution in [3.63, 3.8) is 0 Å². The Hall–Kier alpha value is -3.62. The molecule has 4 fully saturated rings. The number of hydrogen-bond donors (Lipinski definition) is 4. The summed E-state index contributed by atoms with van der Waals surface area (Å²) in [6, 6.07) is 11.0. The van der Waals surface area contributed by atoms with Crippen LogP contribution in [0.25, 0.3) is 0 Å². The van der Waals surface area contributed by atoms with Crippen LogP contribution in [0, 0.1) is 30.1 Å². The van der Waals surface area contributed by atoms with Gasteiger partial charge in [-0.2, -0.15) is 8.42 Å². The highest BCUT2D eigenvalue weighted by molar-refractivity contribution is 7.91. The van der Waals surface area contributed by atoms with Crippen LogP contribution >= 0.6 is 0 Å². The summed E-state index contributed by atoms with van der Waals surface area (Å²) in [6.07, 6.45) is 5.29. The molecule has 1 saturated heterocycles. The van der Waals surface area contributed by atoms with Gasteiger partial charge in [0.25, 0.3) is 5.91 Å². The summed E-state index contributed by atoms with van der Waals surface area (Å²) in [5.74, 6) is -0.768. The number of unbranched alkanes of at least 4 members (excludes halogenated alkanes) is 1. The first-order chi connectivity index (χ1) is 23.9. The van der Waals surface area contributed by atoms with Crippen LogP contribution in [0.3, 0.4) is 0 Å². The number of primary amides is 1. The standard InChI is InChI=1S/C37H54BN5O7S/c1-8-9-10-25-13-15-26(16-14-25)33(44)40-29(22-43(51(47,48)42-35(39)46)28-17-11-24(4)12-18-28)34(45)41-32(19-23(2)3)38-49-31-21-27-20-30(36(27,5)6)37(31,7)50-38/h11-18,23,27,29-32H,8-10,19-22H2,1-7H3,(H,40,44)(H,41,45)(H3,39,42,46)/t27-,29-,30-,31+,32-,37-/m0/s1. The topological polar surface area (TPSA) is 169 Å². The number of nitrogens with two attached hydrogens (primary N) is 1. The van der Waals surface area contributed by atoms with Crippen LogP contribution in [-0.2, 0) is 30.7 Å². The third kappa shape index (κ3) is 8.39. The maximum Gasteiger partial charge on any atom is 0.481 e. The molecule has 4 amide bonds. The maximum absolute atomic E-state index is 14.4. The molecule has 6 atom stereocenters. The molecule has 5 N–H and O–H groups in total. The van der Waals surface area contributed by atoms with E-state index in [1.165, 1.54) is 0 Å². The van der Waals surface area contributed by atoms with Crippen LogP contribution in [0.1, 0.15) is 95.1 Å². The van der Waals surface area contributed by atoms with Crippen molar-refractivity contribution >= 4 is 40.9 Å². The summed E-state index contributed by atoms with van der Waals surface area (Å²) in [6.45, 7) is 14.2. The average Bonchev–Trinajstić information content (AvgIpc) is 3.42. The van der Waals surface area contributed by atoms with Gasteiger partial charge in [0.15, 0.2) is 0 Å². The van der Waals surface area contributed by atoms with Crippen LogP contribution in [0.5, 0.6) is 0 Å². The molecule has 6 rings (SSSR count). The largest absolute Gasteiger partial charge is 0.481 e. The summed E-state index contributed by atoms with van der Waals surface area (Å²) in [5, 5.41) is 5.86. The SMILES string of the molecule is CCCCc1ccc(C(=O)N[C@@H](CN(c2ccc(C)cc2)S(=O)(=O)NC(N)=O)C(=O)N[C@@H](CC(C)C)B2O[C@@H]3C[C@@H]4C[C@@H](C4(C)C)[C@]3(C)O2)cc1. The molecule has 1 aliphatic heterocycles. The van der Waals surface area contributed by atoms with E-state index >= 15 is 0 Å². The molecule has 1 heterocycles. The van der Waals surface area contributed by atoms with E-state index < -0.39 is 59.3 Å². The summed E-state index contributed by atoms with van der Waals surface area (Å²) < 4.78 is 43.0. The fourth-order valence-corrected chi connectivity index (χ4v) is 9.25. The zero-order chi connectivity index (χ0) is 37.3. The summed E-state index contributed by atoms with van der Waals surface area (Å²) in [7, 11) is -5.34. The lowest BCUT2D eigenvalue weighted by atomic mass is 9.43. The van der Waals surface area contributed by atoms with E-state index in [0.717, 1.165) is 47.5 Å². The molecule has 3 saturated carbocycles. The molecule has 14 heteroatoms. The van der Waals surface area contributed by atoms with Gasteiger partial charge in [0.1, 0.15) is 6.04 Å². The Morgan fingerprint density at radius 3 is 2.27 bits per heavy atom. The van der Waals surface area contributed by atoms with Gasteiger partial charge in [-0.1, -0.05) is 70.9 Å². The Morgan fingerprint density at radius 1 is 1.02 bits per heavy atom. The van der Waals surface area contributed by atoms with E-state index in [1.54, 1.807) is 41.1 Å². The minimum Gasteiger partial charge on any atom is -0.404 e. The van der Waals surface area contributed by atoms with Crippen molar-refractivity contribution < 1.29 is 32.1 Å². The Balaban J connectivity index is 1.44. The molecule has 278 valence electrons. The zero-order valence-corrected chi connectivity index (χ0v) is 31.7. The van der Waals surface area contributed by atoms with Gasteiger partial charge in [0.05, 0.1) is 29.9 Å². The number of aryl methyl sites for hydroxylation is 2. The highest BCUT2D eigenvalue weighted by Crippen LogP contribution is 2.65. The second-order valence-corrected chi connectivity index (χ2v) is 17.3. The van der Waals surface area contributed by atoms with Crippen LogP contribution in [-0.4, -0.2) is 63.6 Å². The summed E-state index contributed by atoms with van der Waals surface area (Å²) in [4.78, 5) is 39.9. The van der Waals surface area contributed by atoms with Crippen molar-refractivity contribution in [1.29, 1.82) is 0 Å². The van der Waals surface area contributed by atoms with E-state index in [4.69, 9.17) is 15.0 Å². The highest BCUT2D eigenvalue weighted by atomic mass is 32.2. The number of urea groups is 1. The fraction of sp³-hybridized carbons (Fsp3) is 0.595. The smallest absolute Gasteiger partial charge is 0.404 e. The summed E-state index contributed by atoms with van der Waals surface area (Å²) >= 11 is 0. The van der Waals surface area contributed by atoms with Crippen LogP contribution in [0.2, 0.25) is 0 Å². The third-order valence-electron chi connectivity index (χ3n) is 11.2. The first-order valence-corrected chi connectivity index (χ1v) is 19.6. The Kier molecular flexibility index (Phi) is 11.5. The maximum atomic E-state index is 14.4. The van der Waals surface area contributed by atoms with E-state index in [9.17, 15) is 22.8 Å². The van der Waals surface area contributed by atoms with E-state index in [0.29, 0.717) is 23.8 Å². The molecule has 2 aromatic carbocycles. The third-order valence-corrected chi connectivity index (χ3v) is 12.6. The predicted molar refractivity (Wildman–Crippen MR) is 198 cm³/mol. The molecule has 0 radical (unpaired) electrons. The van der Waals surface area contributed by atoms with Crippen molar-refractivity contribution in [2.24, 2.45) is 28.9 Å². The van der Waals surface area contributed by atoms with Gasteiger partial charge >= 0.3 is 23.4 Å². The Morgan fingerprint density at radius 2 is 1.69 bits per heavy atom. The summed E-state index contributed by atoms with van der Waals surface area (Å²) in [5.41, 5.74) is 7.31. The van der Waals surface area contributed by atoms with Gasteiger partial charge in [0, 0.05) is 5.56 Å². The quantitative estimate of drug-likeness (QED) is 0.194. The normalized spacial score (nSPS) is 24.5. The number of anilines is 1. The van der Waals surface area contributed by atoms with E-state index in [2.05, 4.69) is 38.3 Å². The minimum atomic E-state index is -4.60. The first kappa shape index (κ1) is 38.6. The van der Waals surface area contributed by atoms with Crippen LogP contribution in [0.4, 0.5) is 10.5 Å². The average molecular weight is 724 g/mol. The molecule has 0 aromatic heterocycles. The van der Waals surface area contributed by atoms with Gasteiger partial charge in [-0.05, 0) is 98.9 Å². The zero-order valence-electron chi connectivity index (χ0n) is 30.9. The number of carbonyl (C=O) groups is 3. The van der Waals surface area contributed by atoms with Crippen LogP contribution < -0.4 is 25.4 Å². The lowest BCUT2D eigenvalue weighted by Gasteiger charge is -2.64. The van der Waals surface area contributed by atoms with E-state index in [-0.39, 0.29) is 23.1 Å². The number of nitrogens with one attached hydrogen (secondary N) is 3. The van der Waals surface area contributed by atoms with Gasteiger partial charge < -0.3 is 25.7 Å². The molecular weight excluding hydrogens is 669 g/mol. The first-order valence-electron chi connectivity index (χ1n) is 18.1. The lowest BCUT2D eigenvalue weighted by Crippen LogP contribution is -2.65. The van der Waals surface area contributed by atoms with Crippen molar-refractivity contribution in [3.8, 4) is 0 Å². The number of rotatable bonds is 15. The predicted octanol–water partition coefficient (Wildman–Crippen LogP) is 4.65. The number of benzene rings is 2.